The number of piperidine rings is 1. The average molecular weight is 388 g/mol. The Hall–Kier alpha value is -2.19. The van der Waals surface area contributed by atoms with Crippen molar-refractivity contribution in [2.45, 2.75) is 49.6 Å². The first-order valence-corrected chi connectivity index (χ1v) is 10.9. The molecule has 144 valence electrons. The van der Waals surface area contributed by atoms with E-state index in [2.05, 4.69) is 21.2 Å². The predicted molar refractivity (Wildman–Crippen MR) is 101 cm³/mol. The van der Waals surface area contributed by atoms with Crippen molar-refractivity contribution in [3.05, 3.63) is 48.0 Å². The lowest BCUT2D eigenvalue weighted by molar-refractivity contribution is -0.134. The number of likely N-dealkylation sites (tertiary alicyclic amines) is 1. The normalized spacial score (nSPS) is 22.4. The van der Waals surface area contributed by atoms with Crippen LogP contribution in [-0.2, 0) is 27.8 Å². The molecule has 2 aliphatic heterocycles. The van der Waals surface area contributed by atoms with Crippen LogP contribution in [0, 0.1) is 0 Å². The first kappa shape index (κ1) is 18.2. The monoisotopic (exact) mass is 388 g/mol. The Balaban J connectivity index is 1.45. The van der Waals surface area contributed by atoms with Crippen molar-refractivity contribution in [1.29, 1.82) is 0 Å². The summed E-state index contributed by atoms with van der Waals surface area (Å²) in [6, 6.07) is 6.15. The Morgan fingerprint density at radius 2 is 2.00 bits per heavy atom. The Kier molecular flexibility index (Phi) is 4.77. The van der Waals surface area contributed by atoms with Crippen molar-refractivity contribution in [3.8, 4) is 0 Å². The van der Waals surface area contributed by atoms with Crippen LogP contribution in [0.1, 0.15) is 37.1 Å². The number of nitrogens with one attached hydrogen (secondary N) is 1. The molecule has 0 radical (unpaired) electrons. The zero-order valence-electron chi connectivity index (χ0n) is 15.3. The zero-order chi connectivity index (χ0) is 19.0. The molecule has 0 unspecified atom stereocenters. The molecule has 0 saturated carbocycles. The number of benzene rings is 1. The van der Waals surface area contributed by atoms with Crippen LogP contribution in [-0.4, -0.2) is 47.9 Å². The van der Waals surface area contributed by atoms with Gasteiger partial charge in [0.2, 0.25) is 15.9 Å². The molecular weight excluding hydrogens is 364 g/mol. The minimum atomic E-state index is -3.64. The number of carbonyl (C=O) groups excluding carboxylic acids is 1. The Morgan fingerprint density at radius 3 is 2.74 bits per heavy atom. The molecule has 8 heteroatoms. The zero-order valence-corrected chi connectivity index (χ0v) is 16.2. The number of amides is 1. The number of fused-ring (bicyclic) bond motifs is 1. The number of nitrogens with zero attached hydrogens (tertiary/aromatic N) is 3. The summed E-state index contributed by atoms with van der Waals surface area (Å²) in [5.41, 5.74) is 0.703. The SMILES string of the molecule is CCn1ccnc1C1CCN(C(=O)[C@@H]2Cc3ccccc3S(=O)(=O)N2)CC1. The standard InChI is InChI=1S/C19H24N4O3S/c1-2-22-12-9-20-18(22)14-7-10-23(11-8-14)19(24)16-13-15-5-3-4-6-17(15)27(25,26)21-16/h3-6,9,12,14,16,21H,2,7-8,10-11,13H2,1H3/t16-/m0/s1. The molecule has 7 nitrogen and oxygen atoms in total. The maximum Gasteiger partial charge on any atom is 0.241 e. The lowest BCUT2D eigenvalue weighted by atomic mass is 9.95. The molecule has 0 bridgehead atoms. The van der Waals surface area contributed by atoms with E-state index in [0.717, 1.165) is 25.2 Å². The molecule has 3 heterocycles. The fourth-order valence-corrected chi connectivity index (χ4v) is 5.55. The fraction of sp³-hybridized carbons (Fsp3) is 0.474. The number of carbonyl (C=O) groups is 1. The van der Waals surface area contributed by atoms with Crippen LogP contribution in [0.2, 0.25) is 0 Å². The highest BCUT2D eigenvalue weighted by Gasteiger charge is 2.36. The second kappa shape index (κ2) is 7.09. The van der Waals surface area contributed by atoms with E-state index in [9.17, 15) is 13.2 Å². The van der Waals surface area contributed by atoms with E-state index in [-0.39, 0.29) is 10.8 Å². The Labute approximate surface area is 159 Å². The molecule has 1 atom stereocenters. The number of aryl methyl sites for hydroxylation is 1. The van der Waals surface area contributed by atoms with Gasteiger partial charge in [-0.3, -0.25) is 4.79 Å². The Morgan fingerprint density at radius 1 is 1.26 bits per heavy atom. The van der Waals surface area contributed by atoms with Crippen LogP contribution < -0.4 is 4.72 Å². The van der Waals surface area contributed by atoms with E-state index < -0.39 is 16.1 Å². The van der Waals surface area contributed by atoms with Crippen molar-refractivity contribution in [2.75, 3.05) is 13.1 Å². The van der Waals surface area contributed by atoms with E-state index in [1.54, 1.807) is 23.1 Å². The summed E-state index contributed by atoms with van der Waals surface area (Å²) in [7, 11) is -3.64. The smallest absolute Gasteiger partial charge is 0.241 e. The average Bonchev–Trinajstić information content (AvgIpc) is 3.16. The lowest BCUT2D eigenvalue weighted by Gasteiger charge is -2.35. The van der Waals surface area contributed by atoms with Crippen molar-refractivity contribution >= 4 is 15.9 Å². The van der Waals surface area contributed by atoms with E-state index >= 15 is 0 Å². The first-order valence-electron chi connectivity index (χ1n) is 9.39. The van der Waals surface area contributed by atoms with E-state index in [4.69, 9.17) is 0 Å². The van der Waals surface area contributed by atoms with E-state index in [1.165, 1.54) is 0 Å². The molecule has 1 fully saturated rings. The molecule has 27 heavy (non-hydrogen) atoms. The number of hydrogen-bond acceptors (Lipinski definition) is 4. The minimum absolute atomic E-state index is 0.134. The quantitative estimate of drug-likeness (QED) is 0.864. The summed E-state index contributed by atoms with van der Waals surface area (Å²) >= 11 is 0. The maximum absolute atomic E-state index is 12.9. The second-order valence-electron chi connectivity index (χ2n) is 7.16. The molecule has 1 amide bonds. The predicted octanol–water partition coefficient (Wildman–Crippen LogP) is 1.51. The molecule has 0 spiro atoms. The molecule has 4 rings (SSSR count). The molecule has 0 aliphatic carbocycles. The maximum atomic E-state index is 12.9. The number of sulfonamides is 1. The van der Waals surface area contributed by atoms with Gasteiger partial charge in [0, 0.05) is 37.9 Å². The van der Waals surface area contributed by atoms with Gasteiger partial charge in [0.1, 0.15) is 11.9 Å². The number of rotatable bonds is 3. The summed E-state index contributed by atoms with van der Waals surface area (Å²) in [5, 5.41) is 0. The van der Waals surface area contributed by atoms with Crippen molar-refractivity contribution < 1.29 is 13.2 Å². The number of aromatic nitrogens is 2. The highest BCUT2D eigenvalue weighted by Crippen LogP contribution is 2.29. The third-order valence-electron chi connectivity index (χ3n) is 5.54. The highest BCUT2D eigenvalue weighted by atomic mass is 32.2. The molecule has 2 aromatic rings. The molecular formula is C19H24N4O3S. The summed E-state index contributed by atoms with van der Waals surface area (Å²) in [5.74, 6) is 1.29. The number of hydrogen-bond donors (Lipinski definition) is 1. The van der Waals surface area contributed by atoms with Crippen LogP contribution in [0.25, 0.3) is 0 Å². The summed E-state index contributed by atoms with van der Waals surface area (Å²) < 4.78 is 29.6. The third kappa shape index (κ3) is 3.39. The van der Waals surface area contributed by atoms with Crippen molar-refractivity contribution in [1.82, 2.24) is 19.2 Å². The topological polar surface area (TPSA) is 84.3 Å². The second-order valence-corrected chi connectivity index (χ2v) is 8.84. The Bertz CT molecular complexity index is 945. The summed E-state index contributed by atoms with van der Waals surface area (Å²) in [4.78, 5) is 19.5. The molecule has 1 aromatic carbocycles. The summed E-state index contributed by atoms with van der Waals surface area (Å²) in [6.07, 6.45) is 5.90. The fourth-order valence-electron chi connectivity index (χ4n) is 4.11. The van der Waals surface area contributed by atoms with Gasteiger partial charge in [-0.05, 0) is 37.8 Å². The molecule has 1 aromatic heterocycles. The summed E-state index contributed by atoms with van der Waals surface area (Å²) in [6.45, 7) is 4.23. The minimum Gasteiger partial charge on any atom is -0.341 e. The third-order valence-corrected chi connectivity index (χ3v) is 7.11. The van der Waals surface area contributed by atoms with Gasteiger partial charge in [0.15, 0.2) is 0 Å². The van der Waals surface area contributed by atoms with Gasteiger partial charge in [-0.2, -0.15) is 4.72 Å². The van der Waals surface area contributed by atoms with Crippen LogP contribution in [0.15, 0.2) is 41.6 Å². The van der Waals surface area contributed by atoms with Crippen LogP contribution in [0.3, 0.4) is 0 Å². The van der Waals surface area contributed by atoms with Crippen LogP contribution in [0.5, 0.6) is 0 Å². The molecule has 1 N–H and O–H groups in total. The molecule has 1 saturated heterocycles. The highest BCUT2D eigenvalue weighted by molar-refractivity contribution is 7.89. The van der Waals surface area contributed by atoms with Crippen molar-refractivity contribution in [3.63, 3.8) is 0 Å². The van der Waals surface area contributed by atoms with Crippen LogP contribution in [0.4, 0.5) is 0 Å². The van der Waals surface area contributed by atoms with Gasteiger partial charge < -0.3 is 9.47 Å². The van der Waals surface area contributed by atoms with Gasteiger partial charge in [-0.15, -0.1) is 0 Å². The lowest BCUT2D eigenvalue weighted by Crippen LogP contribution is -2.53. The van der Waals surface area contributed by atoms with Gasteiger partial charge in [-0.25, -0.2) is 13.4 Å². The van der Waals surface area contributed by atoms with E-state index in [1.807, 2.05) is 18.5 Å². The van der Waals surface area contributed by atoms with Gasteiger partial charge in [-0.1, -0.05) is 18.2 Å². The van der Waals surface area contributed by atoms with E-state index in [0.29, 0.717) is 31.0 Å². The van der Waals surface area contributed by atoms with Crippen molar-refractivity contribution in [2.24, 2.45) is 0 Å². The van der Waals surface area contributed by atoms with Gasteiger partial charge >= 0.3 is 0 Å². The van der Waals surface area contributed by atoms with Gasteiger partial charge in [0.05, 0.1) is 4.90 Å². The largest absolute Gasteiger partial charge is 0.341 e. The van der Waals surface area contributed by atoms with Gasteiger partial charge in [0.25, 0.3) is 0 Å². The first-order chi connectivity index (χ1) is 13.0. The molecule has 2 aliphatic rings. The number of imidazole rings is 1. The van der Waals surface area contributed by atoms with Crippen LogP contribution >= 0.6 is 0 Å².